The topological polar surface area (TPSA) is 94.2 Å². The standard InChI is InChI=1S/C21H27IN2O5/c1-21(2,3)28-18(25)12-16(20-19(22)17(13-23-26)24-29-20)10-7-11-27-14-15-8-5-4-6-9-15/h4-6,8-9,13,16,26H,7,10-12,14H2,1-3H3/b23-13+/t16-/m0/s1. The SMILES string of the molecule is CC(C)(C)OC(=O)C[C@H](CCCOCc1ccccc1)c1onc(/C=N/O)c1I. The zero-order valence-corrected chi connectivity index (χ0v) is 19.1. The van der Waals surface area contributed by atoms with Crippen molar-refractivity contribution in [1.82, 2.24) is 5.16 Å². The highest BCUT2D eigenvalue weighted by Crippen LogP contribution is 2.31. The van der Waals surface area contributed by atoms with E-state index >= 15 is 0 Å². The van der Waals surface area contributed by atoms with Crippen molar-refractivity contribution in [2.45, 2.75) is 58.2 Å². The molecule has 1 aromatic heterocycles. The van der Waals surface area contributed by atoms with Crippen LogP contribution in [0.15, 0.2) is 40.0 Å². The number of hydrogen-bond acceptors (Lipinski definition) is 7. The van der Waals surface area contributed by atoms with Gasteiger partial charge in [0.05, 0.1) is 22.8 Å². The average molecular weight is 514 g/mol. The molecule has 0 bridgehead atoms. The van der Waals surface area contributed by atoms with Gasteiger partial charge in [0.1, 0.15) is 11.3 Å². The van der Waals surface area contributed by atoms with Crippen molar-refractivity contribution in [2.24, 2.45) is 5.16 Å². The van der Waals surface area contributed by atoms with Crippen LogP contribution in [0.1, 0.15) is 63.0 Å². The number of ether oxygens (including phenoxy) is 2. The molecule has 0 saturated heterocycles. The highest BCUT2D eigenvalue weighted by molar-refractivity contribution is 14.1. The fourth-order valence-electron chi connectivity index (χ4n) is 2.80. The molecule has 8 heteroatoms. The first-order valence-electron chi connectivity index (χ1n) is 9.46. The molecule has 0 fully saturated rings. The van der Waals surface area contributed by atoms with Crippen molar-refractivity contribution in [3.63, 3.8) is 0 Å². The van der Waals surface area contributed by atoms with Gasteiger partial charge >= 0.3 is 5.97 Å². The summed E-state index contributed by atoms with van der Waals surface area (Å²) in [5.41, 5.74) is 0.997. The summed E-state index contributed by atoms with van der Waals surface area (Å²) in [6.07, 6.45) is 2.81. The van der Waals surface area contributed by atoms with E-state index in [1.165, 1.54) is 6.21 Å². The predicted molar refractivity (Wildman–Crippen MR) is 117 cm³/mol. The molecule has 7 nitrogen and oxygen atoms in total. The Morgan fingerprint density at radius 2 is 2.07 bits per heavy atom. The molecule has 1 heterocycles. The second kappa shape index (κ2) is 11.3. The number of aromatic nitrogens is 1. The highest BCUT2D eigenvalue weighted by atomic mass is 127. The molecule has 0 amide bonds. The molecule has 0 radical (unpaired) electrons. The minimum atomic E-state index is -0.552. The molecule has 1 atom stereocenters. The number of benzene rings is 1. The van der Waals surface area contributed by atoms with Crippen LogP contribution in [0.2, 0.25) is 0 Å². The summed E-state index contributed by atoms with van der Waals surface area (Å²) in [7, 11) is 0. The predicted octanol–water partition coefficient (Wildman–Crippen LogP) is 4.90. The third-order valence-electron chi connectivity index (χ3n) is 4.02. The Balaban J connectivity index is 1.97. The van der Waals surface area contributed by atoms with Crippen molar-refractivity contribution in [2.75, 3.05) is 6.61 Å². The molecule has 2 aromatic rings. The van der Waals surface area contributed by atoms with E-state index in [0.29, 0.717) is 31.1 Å². The zero-order valence-electron chi connectivity index (χ0n) is 16.9. The molecule has 158 valence electrons. The van der Waals surface area contributed by atoms with Crippen LogP contribution >= 0.6 is 22.6 Å². The van der Waals surface area contributed by atoms with Gasteiger partial charge in [0.25, 0.3) is 0 Å². The van der Waals surface area contributed by atoms with Gasteiger partial charge in [-0.15, -0.1) is 0 Å². The lowest BCUT2D eigenvalue weighted by Crippen LogP contribution is -2.25. The summed E-state index contributed by atoms with van der Waals surface area (Å²) in [6.45, 7) is 6.63. The maximum atomic E-state index is 12.4. The van der Waals surface area contributed by atoms with Crippen LogP contribution in [0.4, 0.5) is 0 Å². The number of halogens is 1. The zero-order chi connectivity index (χ0) is 21.3. The molecule has 1 aromatic carbocycles. The number of rotatable bonds is 10. The smallest absolute Gasteiger partial charge is 0.307 e. The van der Waals surface area contributed by atoms with Crippen LogP contribution in [0.5, 0.6) is 0 Å². The Morgan fingerprint density at radius 3 is 2.72 bits per heavy atom. The highest BCUT2D eigenvalue weighted by Gasteiger charge is 2.27. The van der Waals surface area contributed by atoms with E-state index in [0.717, 1.165) is 15.6 Å². The number of hydrogen-bond donors (Lipinski definition) is 1. The molecule has 0 spiro atoms. The van der Waals surface area contributed by atoms with Gasteiger partial charge in [-0.3, -0.25) is 4.79 Å². The van der Waals surface area contributed by atoms with Gasteiger partial charge in [0.2, 0.25) is 0 Å². The van der Waals surface area contributed by atoms with Gasteiger partial charge in [-0.25, -0.2) is 0 Å². The molecule has 0 saturated carbocycles. The summed E-state index contributed by atoms with van der Waals surface area (Å²) >= 11 is 2.08. The van der Waals surface area contributed by atoms with E-state index in [9.17, 15) is 4.79 Å². The molecule has 2 rings (SSSR count). The summed E-state index contributed by atoms with van der Waals surface area (Å²) in [5.74, 6) is 0.0946. The van der Waals surface area contributed by atoms with Gasteiger partial charge < -0.3 is 19.2 Å². The average Bonchev–Trinajstić information content (AvgIpc) is 3.01. The molecule has 1 N–H and O–H groups in total. The lowest BCUT2D eigenvalue weighted by Gasteiger charge is -2.21. The normalized spacial score (nSPS) is 13.0. The molecule has 0 aliphatic carbocycles. The van der Waals surface area contributed by atoms with Gasteiger partial charge in [0.15, 0.2) is 5.76 Å². The number of esters is 1. The third-order valence-corrected chi connectivity index (χ3v) is 5.10. The summed E-state index contributed by atoms with van der Waals surface area (Å²) in [6, 6.07) is 9.97. The van der Waals surface area contributed by atoms with Crippen LogP contribution in [0.25, 0.3) is 0 Å². The first-order valence-corrected chi connectivity index (χ1v) is 10.5. The van der Waals surface area contributed by atoms with Crippen molar-refractivity contribution in [1.29, 1.82) is 0 Å². The van der Waals surface area contributed by atoms with Crippen molar-refractivity contribution in [3.8, 4) is 0 Å². The van der Waals surface area contributed by atoms with Crippen molar-refractivity contribution in [3.05, 3.63) is 50.9 Å². The summed E-state index contributed by atoms with van der Waals surface area (Å²) in [4.78, 5) is 12.4. The largest absolute Gasteiger partial charge is 0.460 e. The van der Waals surface area contributed by atoms with Crippen LogP contribution < -0.4 is 0 Å². The number of carbonyl (C=O) groups excluding carboxylic acids is 1. The van der Waals surface area contributed by atoms with Crippen molar-refractivity contribution >= 4 is 34.8 Å². The Hall–Kier alpha value is -1.94. The number of nitrogens with zero attached hydrogens (tertiary/aromatic N) is 2. The lowest BCUT2D eigenvalue weighted by atomic mass is 9.96. The van der Waals surface area contributed by atoms with E-state index in [-0.39, 0.29) is 18.3 Å². The molecule has 29 heavy (non-hydrogen) atoms. The van der Waals surface area contributed by atoms with Crippen LogP contribution in [-0.2, 0) is 20.9 Å². The second-order valence-electron chi connectivity index (χ2n) is 7.66. The van der Waals surface area contributed by atoms with E-state index in [4.69, 9.17) is 19.2 Å². The molecular formula is C21H27IN2O5. The van der Waals surface area contributed by atoms with Crippen LogP contribution in [-0.4, -0.2) is 34.8 Å². The molecular weight excluding hydrogens is 487 g/mol. The Morgan fingerprint density at radius 1 is 1.34 bits per heavy atom. The quantitative estimate of drug-likeness (QED) is 0.121. The summed E-state index contributed by atoms with van der Waals surface area (Å²) < 4.78 is 17.4. The van der Waals surface area contributed by atoms with Gasteiger partial charge in [-0.05, 0) is 61.8 Å². The molecule has 0 aliphatic heterocycles. The van der Waals surface area contributed by atoms with Crippen LogP contribution in [0.3, 0.4) is 0 Å². The Kier molecular flexibility index (Phi) is 9.09. The van der Waals surface area contributed by atoms with E-state index in [2.05, 4.69) is 32.9 Å². The second-order valence-corrected chi connectivity index (χ2v) is 8.74. The van der Waals surface area contributed by atoms with Gasteiger partial charge in [-0.1, -0.05) is 40.6 Å². The minimum Gasteiger partial charge on any atom is -0.460 e. The van der Waals surface area contributed by atoms with Crippen LogP contribution in [0, 0.1) is 3.57 Å². The van der Waals surface area contributed by atoms with Gasteiger partial charge in [-0.2, -0.15) is 0 Å². The first-order chi connectivity index (χ1) is 13.8. The minimum absolute atomic E-state index is 0.177. The Labute approximate surface area is 184 Å². The Bertz CT molecular complexity index is 799. The fourth-order valence-corrected chi connectivity index (χ4v) is 3.58. The van der Waals surface area contributed by atoms with E-state index in [1.807, 2.05) is 51.1 Å². The fraction of sp³-hybridized carbons (Fsp3) is 0.476. The molecule has 0 aliphatic rings. The third kappa shape index (κ3) is 8.14. The summed E-state index contributed by atoms with van der Waals surface area (Å²) in [5, 5.41) is 15.7. The number of oxime groups is 1. The van der Waals surface area contributed by atoms with E-state index in [1.54, 1.807) is 0 Å². The lowest BCUT2D eigenvalue weighted by molar-refractivity contribution is -0.155. The number of carbonyl (C=O) groups is 1. The first kappa shape index (κ1) is 23.3. The van der Waals surface area contributed by atoms with Crippen molar-refractivity contribution < 1.29 is 24.0 Å². The van der Waals surface area contributed by atoms with Gasteiger partial charge in [0, 0.05) is 12.5 Å². The maximum absolute atomic E-state index is 12.4. The maximum Gasteiger partial charge on any atom is 0.307 e. The monoisotopic (exact) mass is 514 g/mol. The van der Waals surface area contributed by atoms with E-state index < -0.39 is 5.60 Å². The molecule has 0 unspecified atom stereocenters.